The topological polar surface area (TPSA) is 109 Å². The zero-order valence-corrected chi connectivity index (χ0v) is 8.88. The molecule has 0 saturated carbocycles. The highest BCUT2D eigenvalue weighted by Crippen LogP contribution is 2.08. The summed E-state index contributed by atoms with van der Waals surface area (Å²) in [6, 6.07) is 0. The van der Waals surface area contributed by atoms with Gasteiger partial charge in [-0.2, -0.15) is 0 Å². The highest BCUT2D eigenvalue weighted by molar-refractivity contribution is 7.90. The van der Waals surface area contributed by atoms with Crippen LogP contribution in [-0.4, -0.2) is 37.6 Å². The summed E-state index contributed by atoms with van der Waals surface area (Å²) in [4.78, 5) is 27.4. The Bertz CT molecular complexity index is 546. The van der Waals surface area contributed by atoms with Crippen molar-refractivity contribution in [3.8, 4) is 0 Å². The van der Waals surface area contributed by atoms with Crippen LogP contribution in [0.5, 0.6) is 0 Å². The number of hydrogen-bond donors (Lipinski definition) is 2. The monoisotopic (exact) mass is 231 g/mol. The molecular weight excluding hydrogens is 222 g/mol. The fourth-order valence-corrected chi connectivity index (χ4v) is 1.78. The quantitative estimate of drug-likeness (QED) is 0.604. The molecule has 7 nitrogen and oxygen atoms in total. The van der Waals surface area contributed by atoms with Crippen molar-refractivity contribution in [3.63, 3.8) is 0 Å². The highest BCUT2D eigenvalue weighted by Gasteiger charge is 2.19. The molecule has 8 heteroatoms. The van der Waals surface area contributed by atoms with Gasteiger partial charge in [0.15, 0.2) is 14.9 Å². The Labute approximate surface area is 85.5 Å². The van der Waals surface area contributed by atoms with Gasteiger partial charge in [-0.1, -0.05) is 0 Å². The molecule has 82 valence electrons. The molecule has 0 atom stereocenters. The lowest BCUT2D eigenvalue weighted by Gasteiger charge is -2.04. The number of sulfone groups is 1. The first kappa shape index (κ1) is 11.4. The maximum absolute atomic E-state index is 11.3. The van der Waals surface area contributed by atoms with E-state index in [1.807, 2.05) is 4.98 Å². The summed E-state index contributed by atoms with van der Waals surface area (Å²) in [5.74, 6) is -0.626. The molecule has 0 unspecified atom stereocenters. The average molecular weight is 231 g/mol. The van der Waals surface area contributed by atoms with Crippen molar-refractivity contribution in [2.24, 2.45) is 0 Å². The second-order valence-electron chi connectivity index (χ2n) is 2.78. The third-order valence-electron chi connectivity index (χ3n) is 1.62. The summed E-state index contributed by atoms with van der Waals surface area (Å²) >= 11 is 0. The Morgan fingerprint density at radius 3 is 2.60 bits per heavy atom. The summed E-state index contributed by atoms with van der Waals surface area (Å²) in [5, 5.41) is 1.82. The smallest absolute Gasteiger partial charge is 0.345 e. The van der Waals surface area contributed by atoms with Crippen LogP contribution in [0.2, 0.25) is 0 Å². The standard InChI is InChI=1S/C7H9N3O4S/c1-8-5(11)4-3-9-7(12)10-6(4)15(2,13)14/h3H,1-2H3,(H,8,11)(H,9,10,12). The number of amides is 1. The molecule has 0 fully saturated rings. The van der Waals surface area contributed by atoms with Gasteiger partial charge in [0, 0.05) is 19.5 Å². The molecule has 1 rings (SSSR count). The van der Waals surface area contributed by atoms with Crippen LogP contribution in [0, 0.1) is 0 Å². The molecular formula is C7H9N3O4S. The summed E-state index contributed by atoms with van der Waals surface area (Å²) < 4.78 is 22.5. The van der Waals surface area contributed by atoms with Crippen molar-refractivity contribution in [2.75, 3.05) is 13.3 Å². The Hall–Kier alpha value is -1.70. The Kier molecular flexibility index (Phi) is 2.89. The van der Waals surface area contributed by atoms with Gasteiger partial charge in [-0.25, -0.2) is 18.2 Å². The number of hydrogen-bond acceptors (Lipinski definition) is 5. The number of aromatic amines is 1. The molecule has 1 amide bonds. The Morgan fingerprint density at radius 1 is 1.53 bits per heavy atom. The molecule has 1 heterocycles. The number of aromatic nitrogens is 2. The number of nitrogens with zero attached hydrogens (tertiary/aromatic N) is 1. The third kappa shape index (κ3) is 2.40. The summed E-state index contributed by atoms with van der Waals surface area (Å²) in [6.07, 6.45) is 1.82. The number of rotatable bonds is 2. The number of nitrogens with one attached hydrogen (secondary N) is 2. The lowest BCUT2D eigenvalue weighted by Crippen LogP contribution is -2.25. The van der Waals surface area contributed by atoms with E-state index < -0.39 is 26.5 Å². The lowest BCUT2D eigenvalue weighted by molar-refractivity contribution is 0.0958. The minimum absolute atomic E-state index is 0.181. The molecule has 0 radical (unpaired) electrons. The normalized spacial score (nSPS) is 11.1. The van der Waals surface area contributed by atoms with Crippen molar-refractivity contribution in [3.05, 3.63) is 22.2 Å². The van der Waals surface area contributed by atoms with Crippen LogP contribution >= 0.6 is 0 Å². The SMILES string of the molecule is CNC(=O)c1cnc(=O)[nH]c1S(C)(=O)=O. The van der Waals surface area contributed by atoms with Crippen LogP contribution in [0.25, 0.3) is 0 Å². The van der Waals surface area contributed by atoms with Crippen LogP contribution in [0.4, 0.5) is 0 Å². The predicted molar refractivity (Wildman–Crippen MR) is 51.4 cm³/mol. The van der Waals surface area contributed by atoms with Gasteiger partial charge in [0.1, 0.15) is 0 Å². The first-order valence-corrected chi connectivity index (χ1v) is 5.77. The van der Waals surface area contributed by atoms with E-state index in [-0.39, 0.29) is 5.56 Å². The molecule has 0 aliphatic rings. The zero-order chi connectivity index (χ0) is 11.6. The van der Waals surface area contributed by atoms with Crippen LogP contribution in [0.15, 0.2) is 16.0 Å². The largest absolute Gasteiger partial charge is 0.355 e. The van der Waals surface area contributed by atoms with E-state index in [0.29, 0.717) is 0 Å². The Balaban J connectivity index is 3.54. The zero-order valence-electron chi connectivity index (χ0n) is 8.07. The summed E-state index contributed by atoms with van der Waals surface area (Å²) in [6.45, 7) is 0. The fraction of sp³-hybridized carbons (Fsp3) is 0.286. The van der Waals surface area contributed by atoms with Crippen molar-refractivity contribution in [1.82, 2.24) is 15.3 Å². The average Bonchev–Trinajstić information content (AvgIpc) is 2.15. The molecule has 1 aromatic rings. The maximum Gasteiger partial charge on any atom is 0.345 e. The number of H-pyrrole nitrogens is 1. The van der Waals surface area contributed by atoms with E-state index in [9.17, 15) is 18.0 Å². The van der Waals surface area contributed by atoms with E-state index >= 15 is 0 Å². The van der Waals surface area contributed by atoms with Gasteiger partial charge in [-0.15, -0.1) is 0 Å². The molecule has 2 N–H and O–H groups in total. The second-order valence-corrected chi connectivity index (χ2v) is 4.74. The van der Waals surface area contributed by atoms with E-state index in [4.69, 9.17) is 0 Å². The van der Waals surface area contributed by atoms with Gasteiger partial charge < -0.3 is 5.32 Å². The van der Waals surface area contributed by atoms with E-state index in [1.54, 1.807) is 0 Å². The molecule has 0 aromatic carbocycles. The summed E-state index contributed by atoms with van der Waals surface area (Å²) in [7, 11) is -2.32. The summed E-state index contributed by atoms with van der Waals surface area (Å²) in [5.41, 5.74) is -0.998. The number of carbonyl (C=O) groups excluding carboxylic acids is 1. The van der Waals surface area contributed by atoms with Gasteiger partial charge >= 0.3 is 5.69 Å². The molecule has 1 aromatic heterocycles. The molecule has 0 aliphatic carbocycles. The Morgan fingerprint density at radius 2 is 2.13 bits per heavy atom. The second kappa shape index (κ2) is 3.81. The minimum atomic E-state index is -3.67. The van der Waals surface area contributed by atoms with Crippen LogP contribution in [-0.2, 0) is 9.84 Å². The van der Waals surface area contributed by atoms with Crippen LogP contribution < -0.4 is 11.0 Å². The van der Waals surface area contributed by atoms with Gasteiger partial charge in [-0.05, 0) is 0 Å². The predicted octanol–water partition coefficient (Wildman–Crippen LogP) is -1.47. The maximum atomic E-state index is 11.3. The van der Waals surface area contributed by atoms with E-state index in [1.165, 1.54) is 7.05 Å². The van der Waals surface area contributed by atoms with Gasteiger partial charge in [0.2, 0.25) is 0 Å². The van der Waals surface area contributed by atoms with E-state index in [0.717, 1.165) is 12.5 Å². The molecule has 0 aliphatic heterocycles. The van der Waals surface area contributed by atoms with Gasteiger partial charge in [-0.3, -0.25) is 9.78 Å². The molecule has 0 spiro atoms. The van der Waals surface area contributed by atoms with Crippen LogP contribution in [0.3, 0.4) is 0 Å². The van der Waals surface area contributed by atoms with Crippen molar-refractivity contribution >= 4 is 15.7 Å². The lowest BCUT2D eigenvalue weighted by atomic mass is 10.3. The van der Waals surface area contributed by atoms with E-state index in [2.05, 4.69) is 10.3 Å². The first-order valence-electron chi connectivity index (χ1n) is 3.87. The molecule has 0 bridgehead atoms. The third-order valence-corrected chi connectivity index (χ3v) is 2.68. The van der Waals surface area contributed by atoms with Gasteiger partial charge in [0.05, 0.1) is 5.56 Å². The van der Waals surface area contributed by atoms with Gasteiger partial charge in [0.25, 0.3) is 5.91 Å². The number of carbonyl (C=O) groups is 1. The van der Waals surface area contributed by atoms with Crippen molar-refractivity contribution in [1.29, 1.82) is 0 Å². The fourth-order valence-electron chi connectivity index (χ4n) is 0.967. The van der Waals surface area contributed by atoms with Crippen LogP contribution in [0.1, 0.15) is 10.4 Å². The molecule has 15 heavy (non-hydrogen) atoms. The molecule has 0 saturated heterocycles. The van der Waals surface area contributed by atoms with Crippen molar-refractivity contribution < 1.29 is 13.2 Å². The highest BCUT2D eigenvalue weighted by atomic mass is 32.2. The van der Waals surface area contributed by atoms with Crippen molar-refractivity contribution in [2.45, 2.75) is 5.03 Å². The first-order chi connectivity index (χ1) is 6.86. The minimum Gasteiger partial charge on any atom is -0.355 e.